The van der Waals surface area contributed by atoms with Gasteiger partial charge in [0.25, 0.3) is 0 Å². The fourth-order valence-corrected chi connectivity index (χ4v) is 6.47. The highest BCUT2D eigenvalue weighted by Gasteiger charge is 2.29. The van der Waals surface area contributed by atoms with Crippen LogP contribution in [0.4, 0.5) is 4.39 Å². The van der Waals surface area contributed by atoms with Gasteiger partial charge in [0, 0.05) is 15.7 Å². The van der Waals surface area contributed by atoms with Crippen LogP contribution in [-0.4, -0.2) is 31.1 Å². The molecule has 0 aliphatic carbocycles. The summed E-state index contributed by atoms with van der Waals surface area (Å²) in [6, 6.07) is 10.8. The molecule has 0 radical (unpaired) electrons. The number of hydrogen-bond donors (Lipinski definition) is 0. The first kappa shape index (κ1) is 19.2. The van der Waals surface area contributed by atoms with Crippen molar-refractivity contribution in [2.45, 2.75) is 23.2 Å². The Morgan fingerprint density at radius 2 is 2.04 bits per heavy atom. The van der Waals surface area contributed by atoms with Crippen LogP contribution >= 0.6 is 23.4 Å². The maximum Gasteiger partial charge on any atom is 0.339 e. The number of esters is 1. The van der Waals surface area contributed by atoms with Crippen LogP contribution in [0.15, 0.2) is 47.4 Å². The van der Waals surface area contributed by atoms with Crippen LogP contribution in [0.1, 0.15) is 22.3 Å². The van der Waals surface area contributed by atoms with E-state index in [1.807, 2.05) is 0 Å². The van der Waals surface area contributed by atoms with Crippen molar-refractivity contribution in [1.29, 1.82) is 0 Å². The lowest BCUT2D eigenvalue weighted by molar-refractivity contribution is 0.0468. The van der Waals surface area contributed by atoms with Gasteiger partial charge in [-0.05, 0) is 30.7 Å². The summed E-state index contributed by atoms with van der Waals surface area (Å²) in [5.41, 5.74) is 0.883. The Labute approximate surface area is 160 Å². The Morgan fingerprint density at radius 1 is 1.27 bits per heavy atom. The molecule has 1 aliphatic heterocycles. The second-order valence-electron chi connectivity index (χ2n) is 5.95. The first-order valence-electron chi connectivity index (χ1n) is 7.91. The van der Waals surface area contributed by atoms with Gasteiger partial charge in [0.15, 0.2) is 9.84 Å². The van der Waals surface area contributed by atoms with Crippen molar-refractivity contribution in [2.24, 2.45) is 0 Å². The molecule has 2 aromatic carbocycles. The SMILES string of the molecule is O=C(OCc1ccc(F)cc1Cl)c1ccccc1SC1CCS(=O)(=O)C1. The number of hydrogen-bond acceptors (Lipinski definition) is 5. The molecular formula is C18H16ClFO4S2. The van der Waals surface area contributed by atoms with E-state index in [-0.39, 0.29) is 28.4 Å². The largest absolute Gasteiger partial charge is 0.457 e. The van der Waals surface area contributed by atoms with Crippen LogP contribution in [0, 0.1) is 5.82 Å². The van der Waals surface area contributed by atoms with E-state index >= 15 is 0 Å². The zero-order valence-corrected chi connectivity index (χ0v) is 16.0. The van der Waals surface area contributed by atoms with E-state index in [9.17, 15) is 17.6 Å². The lowest BCUT2D eigenvalue weighted by Gasteiger charge is -2.12. The normalized spacial score (nSPS) is 18.6. The molecule has 1 aliphatic rings. The minimum Gasteiger partial charge on any atom is -0.457 e. The Kier molecular flexibility index (Phi) is 5.89. The van der Waals surface area contributed by atoms with Crippen molar-refractivity contribution >= 4 is 39.2 Å². The minimum atomic E-state index is -2.99. The molecule has 1 unspecified atom stereocenters. The van der Waals surface area contributed by atoms with Crippen molar-refractivity contribution in [2.75, 3.05) is 11.5 Å². The molecule has 8 heteroatoms. The molecule has 3 rings (SSSR count). The predicted octanol–water partition coefficient (Wildman–Crippen LogP) is 4.12. The third-order valence-corrected chi connectivity index (χ3v) is 7.64. The summed E-state index contributed by atoms with van der Waals surface area (Å²) in [6.07, 6.45) is 0.571. The molecule has 1 heterocycles. The number of ether oxygens (including phenoxy) is 1. The molecule has 2 aromatic rings. The van der Waals surface area contributed by atoms with Gasteiger partial charge in [0.1, 0.15) is 12.4 Å². The molecule has 1 fully saturated rings. The maximum atomic E-state index is 13.1. The molecule has 1 atom stereocenters. The van der Waals surface area contributed by atoms with Crippen molar-refractivity contribution in [1.82, 2.24) is 0 Å². The quantitative estimate of drug-likeness (QED) is 0.689. The number of carbonyl (C=O) groups excluding carboxylic acids is 1. The van der Waals surface area contributed by atoms with Gasteiger partial charge < -0.3 is 4.74 Å². The summed E-state index contributed by atoms with van der Waals surface area (Å²) in [6.45, 7) is -0.0746. The average molecular weight is 415 g/mol. The number of halogens is 2. The van der Waals surface area contributed by atoms with Crippen LogP contribution in [0.5, 0.6) is 0 Å². The molecule has 0 N–H and O–H groups in total. The number of rotatable bonds is 5. The molecule has 0 aromatic heterocycles. The molecule has 1 saturated heterocycles. The smallest absolute Gasteiger partial charge is 0.339 e. The van der Waals surface area contributed by atoms with E-state index in [0.29, 0.717) is 22.4 Å². The van der Waals surface area contributed by atoms with Crippen LogP contribution in [0.2, 0.25) is 5.02 Å². The van der Waals surface area contributed by atoms with Crippen LogP contribution in [-0.2, 0) is 21.2 Å². The lowest BCUT2D eigenvalue weighted by Crippen LogP contribution is -2.10. The molecular weight excluding hydrogens is 399 g/mol. The highest BCUT2D eigenvalue weighted by Crippen LogP contribution is 2.33. The average Bonchev–Trinajstić information content (AvgIpc) is 2.93. The summed E-state index contributed by atoms with van der Waals surface area (Å²) in [7, 11) is -2.99. The van der Waals surface area contributed by atoms with E-state index in [0.717, 1.165) is 6.07 Å². The summed E-state index contributed by atoms with van der Waals surface area (Å²) in [4.78, 5) is 13.1. The fraction of sp³-hybridized carbons (Fsp3) is 0.278. The van der Waals surface area contributed by atoms with Crippen molar-refractivity contribution in [3.8, 4) is 0 Å². The monoisotopic (exact) mass is 414 g/mol. The van der Waals surface area contributed by atoms with Gasteiger partial charge in [-0.15, -0.1) is 11.8 Å². The Morgan fingerprint density at radius 3 is 2.73 bits per heavy atom. The highest BCUT2D eigenvalue weighted by atomic mass is 35.5. The van der Waals surface area contributed by atoms with Gasteiger partial charge in [-0.1, -0.05) is 29.8 Å². The first-order valence-corrected chi connectivity index (χ1v) is 11.0. The van der Waals surface area contributed by atoms with Crippen LogP contribution < -0.4 is 0 Å². The third-order valence-electron chi connectivity index (χ3n) is 3.97. The van der Waals surface area contributed by atoms with Gasteiger partial charge in [-0.2, -0.15) is 0 Å². The molecule has 0 saturated carbocycles. The standard InChI is InChI=1S/C18H16ClFO4S2/c19-16-9-13(20)6-5-12(16)10-24-18(21)15-3-1-2-4-17(15)25-14-7-8-26(22,23)11-14/h1-6,9,14H,7-8,10-11H2. The second-order valence-corrected chi connectivity index (χ2v) is 9.93. The topological polar surface area (TPSA) is 60.4 Å². The Balaban J connectivity index is 1.69. The third kappa shape index (κ3) is 4.78. The minimum absolute atomic E-state index is 0.0690. The summed E-state index contributed by atoms with van der Waals surface area (Å²) in [5.74, 6) is -0.695. The van der Waals surface area contributed by atoms with Gasteiger partial charge in [0.2, 0.25) is 0 Å². The lowest BCUT2D eigenvalue weighted by atomic mass is 10.2. The predicted molar refractivity (Wildman–Crippen MR) is 99.9 cm³/mol. The number of carbonyl (C=O) groups is 1. The zero-order valence-electron chi connectivity index (χ0n) is 13.7. The van der Waals surface area contributed by atoms with E-state index in [4.69, 9.17) is 16.3 Å². The second kappa shape index (κ2) is 7.98. The molecule has 0 spiro atoms. The molecule has 26 heavy (non-hydrogen) atoms. The van der Waals surface area contributed by atoms with Crippen molar-refractivity contribution < 1.29 is 22.3 Å². The van der Waals surface area contributed by atoms with Crippen molar-refractivity contribution in [3.63, 3.8) is 0 Å². The number of thioether (sulfide) groups is 1. The summed E-state index contributed by atoms with van der Waals surface area (Å²) >= 11 is 7.32. The van der Waals surface area contributed by atoms with Gasteiger partial charge in [-0.25, -0.2) is 17.6 Å². The highest BCUT2D eigenvalue weighted by molar-refractivity contribution is 8.02. The fourth-order valence-electron chi connectivity index (χ4n) is 2.63. The summed E-state index contributed by atoms with van der Waals surface area (Å²) in [5, 5.41) is 0.122. The van der Waals surface area contributed by atoms with Gasteiger partial charge in [-0.3, -0.25) is 0 Å². The van der Waals surface area contributed by atoms with E-state index in [1.54, 1.807) is 24.3 Å². The van der Waals surface area contributed by atoms with Crippen molar-refractivity contribution in [3.05, 3.63) is 64.4 Å². The first-order chi connectivity index (χ1) is 12.3. The van der Waals surface area contributed by atoms with Gasteiger partial charge >= 0.3 is 5.97 Å². The van der Waals surface area contributed by atoms with E-state index in [1.165, 1.54) is 23.9 Å². The zero-order chi connectivity index (χ0) is 18.7. The molecule has 4 nitrogen and oxygen atoms in total. The maximum absolute atomic E-state index is 13.1. The Hall–Kier alpha value is -1.57. The molecule has 0 amide bonds. The summed E-state index contributed by atoms with van der Waals surface area (Å²) < 4.78 is 41.6. The Bertz CT molecular complexity index is 931. The molecule has 138 valence electrons. The van der Waals surface area contributed by atoms with E-state index in [2.05, 4.69) is 0 Å². The number of sulfone groups is 1. The van der Waals surface area contributed by atoms with E-state index < -0.39 is 21.6 Å². The van der Waals surface area contributed by atoms with Gasteiger partial charge in [0.05, 0.1) is 22.1 Å². The van der Waals surface area contributed by atoms with Crippen LogP contribution in [0.25, 0.3) is 0 Å². The molecule has 0 bridgehead atoms. The number of benzene rings is 2. The van der Waals surface area contributed by atoms with Crippen LogP contribution in [0.3, 0.4) is 0 Å².